The summed E-state index contributed by atoms with van der Waals surface area (Å²) in [6.45, 7) is 0. The molecule has 0 atom stereocenters. The van der Waals surface area contributed by atoms with E-state index in [0.717, 1.165) is 71.2 Å². The molecule has 0 aliphatic rings. The number of fused-ring (bicyclic) bond motifs is 3. The second-order valence-corrected chi connectivity index (χ2v) is 12.0. The zero-order valence-electron chi connectivity index (χ0n) is 24.0. The monoisotopic (exact) mass is 573 g/mol. The first kappa shape index (κ1) is 23.3. The molecular weight excluding hydrogens is 550 g/mol. The van der Waals surface area contributed by atoms with Crippen LogP contribution in [0.5, 0.6) is 0 Å². The lowest BCUT2D eigenvalue weighted by molar-refractivity contribution is 0.669. The maximum atomic E-state index is 6.32. The molecule has 14 bridgehead atoms. The summed E-state index contributed by atoms with van der Waals surface area (Å²) in [7, 11) is 0. The fourth-order valence-corrected chi connectivity index (χ4v) is 7.69. The summed E-state index contributed by atoms with van der Waals surface area (Å²) in [5.41, 5.74) is 8.35. The first-order valence-electron chi connectivity index (χ1n) is 15.3. The number of furan rings is 1. The SMILES string of the molecule is c1ccc2c(c1)c1c3c4ccccc4n4c5cccc(c5)c5ccc6oc7ccc(cc7c6c5)c5cccc(c5)n2c1cnc34. The predicted molar refractivity (Wildman–Crippen MR) is 187 cm³/mol. The molecule has 0 radical (unpaired) electrons. The lowest BCUT2D eigenvalue weighted by Gasteiger charge is -2.03. The molecule has 0 amide bonds. The topological polar surface area (TPSA) is 34.9 Å². The summed E-state index contributed by atoms with van der Waals surface area (Å²) in [6.07, 6.45) is 2.06. The van der Waals surface area contributed by atoms with E-state index in [1.54, 1.807) is 0 Å². The van der Waals surface area contributed by atoms with Crippen molar-refractivity contribution in [2.75, 3.05) is 0 Å². The normalized spacial score (nSPS) is 12.4. The molecule has 4 heteroatoms. The highest BCUT2D eigenvalue weighted by atomic mass is 16.3. The molecule has 4 nitrogen and oxygen atoms in total. The smallest absolute Gasteiger partial charge is 0.146 e. The number of hydrogen-bond donors (Lipinski definition) is 0. The van der Waals surface area contributed by atoms with Gasteiger partial charge in [-0.3, -0.25) is 4.40 Å². The van der Waals surface area contributed by atoms with Gasteiger partial charge in [0.25, 0.3) is 0 Å². The first-order valence-corrected chi connectivity index (χ1v) is 15.3. The van der Waals surface area contributed by atoms with Crippen molar-refractivity contribution in [3.63, 3.8) is 0 Å². The maximum absolute atomic E-state index is 6.32. The Bertz CT molecular complexity index is 2890. The highest BCUT2D eigenvalue weighted by Gasteiger charge is 2.18. The van der Waals surface area contributed by atoms with Crippen molar-refractivity contribution < 1.29 is 4.42 Å². The lowest BCUT2D eigenvalue weighted by Crippen LogP contribution is -1.89. The van der Waals surface area contributed by atoms with Crippen molar-refractivity contribution in [1.29, 1.82) is 0 Å². The van der Waals surface area contributed by atoms with Crippen LogP contribution in [0.2, 0.25) is 0 Å². The summed E-state index contributed by atoms with van der Waals surface area (Å²) in [5.74, 6) is 0. The number of para-hydroxylation sites is 2. The second kappa shape index (κ2) is 8.28. The van der Waals surface area contributed by atoms with Gasteiger partial charge in [0.1, 0.15) is 16.8 Å². The van der Waals surface area contributed by atoms with E-state index in [1.807, 2.05) is 0 Å². The molecular formula is C41H23N3O. The van der Waals surface area contributed by atoms with Crippen LogP contribution in [-0.2, 0) is 0 Å². The summed E-state index contributed by atoms with van der Waals surface area (Å²) in [4.78, 5) is 5.24. The minimum absolute atomic E-state index is 0.897. The van der Waals surface area contributed by atoms with Crippen LogP contribution in [0.25, 0.3) is 98.3 Å². The summed E-state index contributed by atoms with van der Waals surface area (Å²) in [5, 5.41) is 11.7. The molecule has 45 heavy (non-hydrogen) atoms. The van der Waals surface area contributed by atoms with E-state index in [4.69, 9.17) is 9.40 Å². The van der Waals surface area contributed by atoms with Gasteiger partial charge in [-0.15, -0.1) is 0 Å². The van der Waals surface area contributed by atoms with Crippen molar-refractivity contribution in [3.05, 3.63) is 140 Å². The third-order valence-electron chi connectivity index (χ3n) is 9.66. The number of nitrogens with zero attached hydrogens (tertiary/aromatic N) is 3. The predicted octanol–water partition coefficient (Wildman–Crippen LogP) is 11.0. The Hall–Kier alpha value is -6.13. The van der Waals surface area contributed by atoms with E-state index in [2.05, 4.69) is 148 Å². The Morgan fingerprint density at radius 3 is 1.64 bits per heavy atom. The average molecular weight is 574 g/mol. The largest absolute Gasteiger partial charge is 0.456 e. The molecule has 0 aliphatic heterocycles. The van der Waals surface area contributed by atoms with Gasteiger partial charge < -0.3 is 8.82 Å². The van der Waals surface area contributed by atoms with Gasteiger partial charge in [0.05, 0.1) is 22.7 Å². The minimum atomic E-state index is 0.897. The molecule has 6 aromatic carbocycles. The average Bonchev–Trinajstić information content (AvgIpc) is 3.75. The van der Waals surface area contributed by atoms with Gasteiger partial charge in [-0.2, -0.15) is 0 Å². The number of pyridine rings is 1. The molecule has 0 saturated heterocycles. The molecule has 208 valence electrons. The van der Waals surface area contributed by atoms with Gasteiger partial charge in [0.2, 0.25) is 0 Å². The highest BCUT2D eigenvalue weighted by molar-refractivity contribution is 6.27. The molecule has 0 unspecified atom stereocenters. The van der Waals surface area contributed by atoms with Gasteiger partial charge in [0, 0.05) is 43.4 Å². The number of hydrogen-bond acceptors (Lipinski definition) is 2. The molecule has 0 saturated carbocycles. The third kappa shape index (κ3) is 3.03. The third-order valence-corrected chi connectivity index (χ3v) is 9.66. The van der Waals surface area contributed by atoms with Gasteiger partial charge in [-0.05, 0) is 82.2 Å². The Kier molecular flexibility index (Phi) is 4.29. The summed E-state index contributed by atoms with van der Waals surface area (Å²) >= 11 is 0. The van der Waals surface area contributed by atoms with Crippen molar-refractivity contribution >= 4 is 98.3 Å². The van der Waals surface area contributed by atoms with Crippen LogP contribution in [0.3, 0.4) is 0 Å². The number of aromatic nitrogens is 3. The Morgan fingerprint density at radius 2 is 0.978 bits per heavy atom. The molecule has 12 rings (SSSR count). The number of benzene rings is 6. The van der Waals surface area contributed by atoms with Gasteiger partial charge in [-0.25, -0.2) is 4.98 Å². The van der Waals surface area contributed by atoms with Gasteiger partial charge in [0.15, 0.2) is 0 Å². The standard InChI is InChI=1S/C41H23N3O/c1-3-13-34-30(11-1)39-36-23-42-41-40(39)31-12-2-4-14-35(31)44(41)29-10-6-8-25(20-29)27-16-18-38-33(22-27)32-21-26(15-17-37(32)45-38)24-7-5-9-28(19-24)43(34)36/h1-23H. The first-order chi connectivity index (χ1) is 22.3. The van der Waals surface area contributed by atoms with E-state index >= 15 is 0 Å². The Morgan fingerprint density at radius 1 is 0.422 bits per heavy atom. The summed E-state index contributed by atoms with van der Waals surface area (Å²) in [6, 6.07) is 48.2. The minimum Gasteiger partial charge on any atom is -0.456 e. The molecule has 0 N–H and O–H groups in total. The zero-order valence-corrected chi connectivity index (χ0v) is 24.0. The lowest BCUT2D eigenvalue weighted by atomic mass is 10.1. The molecule has 12 aromatic rings. The molecule has 6 aromatic heterocycles. The van der Waals surface area contributed by atoms with Gasteiger partial charge >= 0.3 is 0 Å². The quantitative estimate of drug-likeness (QED) is 0.181. The van der Waals surface area contributed by atoms with E-state index in [9.17, 15) is 0 Å². The van der Waals surface area contributed by atoms with E-state index in [-0.39, 0.29) is 0 Å². The van der Waals surface area contributed by atoms with Crippen molar-refractivity contribution in [3.8, 4) is 0 Å². The fraction of sp³-hybridized carbons (Fsp3) is 0. The van der Waals surface area contributed by atoms with E-state index < -0.39 is 0 Å². The van der Waals surface area contributed by atoms with Crippen LogP contribution in [0.4, 0.5) is 0 Å². The van der Waals surface area contributed by atoms with Crippen molar-refractivity contribution in [2.45, 2.75) is 0 Å². The van der Waals surface area contributed by atoms with Crippen LogP contribution >= 0.6 is 0 Å². The van der Waals surface area contributed by atoms with Crippen molar-refractivity contribution in [1.82, 2.24) is 13.8 Å². The highest BCUT2D eigenvalue weighted by Crippen LogP contribution is 2.40. The van der Waals surface area contributed by atoms with Crippen LogP contribution in [-0.4, -0.2) is 13.8 Å². The van der Waals surface area contributed by atoms with E-state index in [1.165, 1.54) is 27.1 Å². The van der Waals surface area contributed by atoms with Crippen LogP contribution < -0.4 is 0 Å². The van der Waals surface area contributed by atoms with E-state index in [0.29, 0.717) is 0 Å². The molecule has 0 fully saturated rings. The second-order valence-electron chi connectivity index (χ2n) is 12.0. The van der Waals surface area contributed by atoms with Crippen molar-refractivity contribution in [2.24, 2.45) is 0 Å². The molecule has 6 heterocycles. The maximum Gasteiger partial charge on any atom is 0.146 e. The Balaban J connectivity index is 1.50. The molecule has 0 spiro atoms. The van der Waals surface area contributed by atoms with Crippen LogP contribution in [0.15, 0.2) is 144 Å². The summed E-state index contributed by atoms with van der Waals surface area (Å²) < 4.78 is 11.0. The number of rotatable bonds is 0. The van der Waals surface area contributed by atoms with Gasteiger partial charge in [-0.1, -0.05) is 72.8 Å². The molecule has 0 aliphatic carbocycles. The van der Waals surface area contributed by atoms with Crippen LogP contribution in [0.1, 0.15) is 0 Å². The zero-order chi connectivity index (χ0) is 29.2. The Labute approximate surface area is 255 Å². The van der Waals surface area contributed by atoms with Crippen LogP contribution in [0, 0.1) is 0 Å². The fourth-order valence-electron chi connectivity index (χ4n) is 7.69.